The first-order chi connectivity index (χ1) is 10.1. The molecule has 0 saturated heterocycles. The molecule has 21 heavy (non-hydrogen) atoms. The molecule has 0 bridgehead atoms. The van der Waals surface area contributed by atoms with Crippen molar-refractivity contribution >= 4 is 11.5 Å². The van der Waals surface area contributed by atoms with Gasteiger partial charge in [-0.15, -0.1) is 0 Å². The first-order valence-corrected chi connectivity index (χ1v) is 7.00. The van der Waals surface area contributed by atoms with Crippen molar-refractivity contribution in [2.24, 2.45) is 5.92 Å². The van der Waals surface area contributed by atoms with E-state index in [0.717, 1.165) is 36.0 Å². The number of rotatable bonds is 4. The molecule has 2 aromatic rings. The molecule has 1 unspecified atom stereocenters. The lowest BCUT2D eigenvalue weighted by molar-refractivity contribution is -0.384. The molecule has 0 aliphatic heterocycles. The summed E-state index contributed by atoms with van der Waals surface area (Å²) in [7, 11) is 0. The Labute approximate surface area is 122 Å². The molecule has 0 saturated carbocycles. The summed E-state index contributed by atoms with van der Waals surface area (Å²) in [6.07, 6.45) is 2.36. The van der Waals surface area contributed by atoms with Crippen LogP contribution < -0.4 is 0 Å². The number of nitrogens with zero attached hydrogens (tertiary/aromatic N) is 1. The first-order valence-electron chi connectivity index (χ1n) is 7.00. The SMILES string of the molecule is O=C1c2ccccc2CC1CCc1ccc([N+](=O)[O-])cc1. The van der Waals surface area contributed by atoms with Gasteiger partial charge >= 0.3 is 0 Å². The fraction of sp³-hybridized carbons (Fsp3) is 0.235. The van der Waals surface area contributed by atoms with Crippen LogP contribution in [0.5, 0.6) is 0 Å². The number of carbonyl (C=O) groups excluding carboxylic acids is 1. The van der Waals surface area contributed by atoms with E-state index in [-0.39, 0.29) is 17.4 Å². The van der Waals surface area contributed by atoms with Gasteiger partial charge < -0.3 is 0 Å². The normalized spacial score (nSPS) is 16.8. The van der Waals surface area contributed by atoms with E-state index in [4.69, 9.17) is 0 Å². The van der Waals surface area contributed by atoms with Crippen LogP contribution in [0.4, 0.5) is 5.69 Å². The quantitative estimate of drug-likeness (QED) is 0.635. The highest BCUT2D eigenvalue weighted by atomic mass is 16.6. The molecule has 4 nitrogen and oxygen atoms in total. The Kier molecular flexibility index (Phi) is 3.52. The lowest BCUT2D eigenvalue weighted by Crippen LogP contribution is -2.10. The van der Waals surface area contributed by atoms with Gasteiger partial charge in [-0.3, -0.25) is 14.9 Å². The van der Waals surface area contributed by atoms with Gasteiger partial charge in [-0.2, -0.15) is 0 Å². The molecule has 0 aromatic heterocycles. The van der Waals surface area contributed by atoms with E-state index >= 15 is 0 Å². The van der Waals surface area contributed by atoms with Gasteiger partial charge in [-0.1, -0.05) is 36.4 Å². The van der Waals surface area contributed by atoms with Gasteiger partial charge in [0.2, 0.25) is 0 Å². The van der Waals surface area contributed by atoms with Crippen molar-refractivity contribution < 1.29 is 9.72 Å². The van der Waals surface area contributed by atoms with Crippen LogP contribution in [0.3, 0.4) is 0 Å². The zero-order chi connectivity index (χ0) is 14.8. The molecular formula is C17H15NO3. The molecule has 1 aliphatic carbocycles. The van der Waals surface area contributed by atoms with Gasteiger partial charge in [-0.05, 0) is 30.4 Å². The van der Waals surface area contributed by atoms with Crippen LogP contribution in [0.15, 0.2) is 48.5 Å². The van der Waals surface area contributed by atoms with Crippen LogP contribution in [0.1, 0.15) is 27.9 Å². The highest BCUT2D eigenvalue weighted by Crippen LogP contribution is 2.29. The minimum absolute atomic E-state index is 0.0394. The maximum atomic E-state index is 12.3. The van der Waals surface area contributed by atoms with Crippen LogP contribution in [-0.2, 0) is 12.8 Å². The van der Waals surface area contributed by atoms with Gasteiger partial charge in [0.15, 0.2) is 5.78 Å². The summed E-state index contributed by atoms with van der Waals surface area (Å²) < 4.78 is 0. The number of Topliss-reactive ketones (excluding diaryl/α,β-unsaturated/α-hetero) is 1. The second-order valence-electron chi connectivity index (χ2n) is 5.38. The Morgan fingerprint density at radius 1 is 1.10 bits per heavy atom. The Morgan fingerprint density at radius 2 is 1.81 bits per heavy atom. The molecule has 3 rings (SSSR count). The van der Waals surface area contributed by atoms with Crippen molar-refractivity contribution in [1.82, 2.24) is 0 Å². The lowest BCUT2D eigenvalue weighted by Gasteiger charge is -2.07. The number of fused-ring (bicyclic) bond motifs is 1. The highest BCUT2D eigenvalue weighted by molar-refractivity contribution is 6.02. The average molecular weight is 281 g/mol. The average Bonchev–Trinajstić information content (AvgIpc) is 2.82. The molecule has 2 aromatic carbocycles. The van der Waals surface area contributed by atoms with Crippen molar-refractivity contribution in [1.29, 1.82) is 0 Å². The fourth-order valence-corrected chi connectivity index (χ4v) is 2.88. The maximum absolute atomic E-state index is 12.3. The van der Waals surface area contributed by atoms with Crippen molar-refractivity contribution in [3.8, 4) is 0 Å². The monoisotopic (exact) mass is 281 g/mol. The standard InChI is InChI=1S/C17H15NO3/c19-17-14(11-13-3-1-2-4-16(13)17)8-5-12-6-9-15(10-7-12)18(20)21/h1-4,6-7,9-10,14H,5,8,11H2. The van der Waals surface area contributed by atoms with Crippen LogP contribution in [0.2, 0.25) is 0 Å². The summed E-state index contributed by atoms with van der Waals surface area (Å²) in [6, 6.07) is 14.3. The third-order valence-electron chi connectivity index (χ3n) is 4.05. The van der Waals surface area contributed by atoms with E-state index in [1.165, 1.54) is 12.1 Å². The first kappa shape index (κ1) is 13.5. The Bertz CT molecular complexity index is 691. The Morgan fingerprint density at radius 3 is 2.48 bits per heavy atom. The zero-order valence-corrected chi connectivity index (χ0v) is 11.5. The summed E-state index contributed by atoms with van der Waals surface area (Å²) >= 11 is 0. The second-order valence-corrected chi connectivity index (χ2v) is 5.38. The zero-order valence-electron chi connectivity index (χ0n) is 11.5. The number of nitro benzene ring substituents is 1. The summed E-state index contributed by atoms with van der Waals surface area (Å²) in [4.78, 5) is 22.5. The van der Waals surface area contributed by atoms with Gasteiger partial charge in [0.05, 0.1) is 4.92 Å². The molecule has 0 N–H and O–H groups in total. The number of carbonyl (C=O) groups is 1. The number of hydrogen-bond donors (Lipinski definition) is 0. The number of benzene rings is 2. The van der Waals surface area contributed by atoms with Gasteiger partial charge in [0.25, 0.3) is 5.69 Å². The van der Waals surface area contributed by atoms with Crippen LogP contribution in [0, 0.1) is 16.0 Å². The van der Waals surface area contributed by atoms with E-state index in [1.54, 1.807) is 12.1 Å². The summed E-state index contributed by atoms with van der Waals surface area (Å²) in [6.45, 7) is 0. The van der Waals surface area contributed by atoms with Gasteiger partial charge in [0, 0.05) is 23.6 Å². The van der Waals surface area contributed by atoms with E-state index < -0.39 is 4.92 Å². The molecule has 1 aliphatic rings. The predicted octanol–water partition coefficient (Wildman–Crippen LogP) is 3.58. The predicted molar refractivity (Wildman–Crippen MR) is 79.4 cm³/mol. The van der Waals surface area contributed by atoms with Crippen LogP contribution in [-0.4, -0.2) is 10.7 Å². The van der Waals surface area contributed by atoms with Crippen LogP contribution in [0.25, 0.3) is 0 Å². The summed E-state index contributed by atoms with van der Waals surface area (Å²) in [5.74, 6) is 0.269. The number of hydrogen-bond acceptors (Lipinski definition) is 3. The Hall–Kier alpha value is -2.49. The molecule has 106 valence electrons. The van der Waals surface area contributed by atoms with Gasteiger partial charge in [0.1, 0.15) is 0 Å². The molecule has 0 spiro atoms. The summed E-state index contributed by atoms with van der Waals surface area (Å²) in [5.41, 5.74) is 3.12. The highest BCUT2D eigenvalue weighted by Gasteiger charge is 2.29. The second kappa shape index (κ2) is 5.48. The number of aryl methyl sites for hydroxylation is 1. The number of ketones is 1. The van der Waals surface area contributed by atoms with Crippen LogP contribution >= 0.6 is 0 Å². The molecule has 1 atom stereocenters. The van der Waals surface area contributed by atoms with E-state index in [0.29, 0.717) is 0 Å². The molecule has 0 fully saturated rings. The number of nitro groups is 1. The molecule has 4 heteroatoms. The largest absolute Gasteiger partial charge is 0.294 e. The minimum atomic E-state index is -0.402. The molecule has 0 heterocycles. The topological polar surface area (TPSA) is 60.2 Å². The van der Waals surface area contributed by atoms with E-state index in [9.17, 15) is 14.9 Å². The maximum Gasteiger partial charge on any atom is 0.269 e. The van der Waals surface area contributed by atoms with Crippen molar-refractivity contribution in [3.63, 3.8) is 0 Å². The fourth-order valence-electron chi connectivity index (χ4n) is 2.88. The minimum Gasteiger partial charge on any atom is -0.294 e. The third-order valence-corrected chi connectivity index (χ3v) is 4.05. The van der Waals surface area contributed by atoms with E-state index in [1.807, 2.05) is 24.3 Å². The van der Waals surface area contributed by atoms with E-state index in [2.05, 4.69) is 0 Å². The third kappa shape index (κ3) is 2.70. The number of non-ortho nitro benzene ring substituents is 1. The molecule has 0 radical (unpaired) electrons. The van der Waals surface area contributed by atoms with Crippen molar-refractivity contribution in [2.75, 3.05) is 0 Å². The lowest BCUT2D eigenvalue weighted by atomic mass is 9.96. The Balaban J connectivity index is 1.64. The van der Waals surface area contributed by atoms with Crippen molar-refractivity contribution in [3.05, 3.63) is 75.3 Å². The van der Waals surface area contributed by atoms with Crippen molar-refractivity contribution in [2.45, 2.75) is 19.3 Å². The molecule has 0 amide bonds. The molecular weight excluding hydrogens is 266 g/mol. The summed E-state index contributed by atoms with van der Waals surface area (Å²) in [5, 5.41) is 10.6. The van der Waals surface area contributed by atoms with Gasteiger partial charge in [-0.25, -0.2) is 0 Å². The smallest absolute Gasteiger partial charge is 0.269 e.